The van der Waals surface area contributed by atoms with Gasteiger partial charge in [0, 0.05) is 13.3 Å². The van der Waals surface area contributed by atoms with Crippen LogP contribution in [0.2, 0.25) is 0 Å². The van der Waals surface area contributed by atoms with E-state index in [4.69, 9.17) is 19.9 Å². The van der Waals surface area contributed by atoms with Crippen LogP contribution in [0.5, 0.6) is 0 Å². The maximum Gasteiger partial charge on any atom is 0.351 e. The molecule has 2 rings (SSSR count). The van der Waals surface area contributed by atoms with Gasteiger partial charge in [-0.3, -0.25) is 9.36 Å². The Morgan fingerprint density at radius 3 is 2.83 bits per heavy atom. The highest BCUT2D eigenvalue weighted by Crippen LogP contribution is 2.30. The van der Waals surface area contributed by atoms with Crippen molar-refractivity contribution >= 4 is 11.8 Å². The second-order valence-corrected chi connectivity index (χ2v) is 5.58. The second kappa shape index (κ2) is 7.07. The molecule has 1 saturated heterocycles. The lowest BCUT2D eigenvalue weighted by Crippen LogP contribution is -2.37. The van der Waals surface area contributed by atoms with E-state index in [0.29, 0.717) is 0 Å². The highest BCUT2D eigenvalue weighted by molar-refractivity contribution is 5.71. The summed E-state index contributed by atoms with van der Waals surface area (Å²) in [7, 11) is 1.39. The highest BCUT2D eigenvalue weighted by atomic mass is 16.6. The molecule has 2 heterocycles. The number of ether oxygens (including phenoxy) is 3. The zero-order valence-corrected chi connectivity index (χ0v) is 13.2. The third-order valence-corrected chi connectivity index (χ3v) is 3.57. The summed E-state index contributed by atoms with van der Waals surface area (Å²) in [6.45, 7) is 3.27. The number of nitrogen functional groups attached to an aromatic ring is 1. The van der Waals surface area contributed by atoms with Crippen molar-refractivity contribution in [1.29, 1.82) is 0 Å². The summed E-state index contributed by atoms with van der Waals surface area (Å²) in [6, 6.07) is 1.44. The van der Waals surface area contributed by atoms with Crippen molar-refractivity contribution in [2.75, 3.05) is 19.5 Å². The molecule has 9 nitrogen and oxygen atoms in total. The van der Waals surface area contributed by atoms with Crippen LogP contribution in [0.1, 0.15) is 20.1 Å². The molecule has 0 aromatic carbocycles. The second-order valence-electron chi connectivity index (χ2n) is 5.58. The molecule has 4 atom stereocenters. The van der Waals surface area contributed by atoms with Crippen LogP contribution in [0.25, 0.3) is 0 Å². The number of aliphatic hydroxyl groups excluding tert-OH is 1. The molecule has 1 aliphatic heterocycles. The van der Waals surface area contributed by atoms with Crippen molar-refractivity contribution in [3.05, 3.63) is 22.7 Å². The van der Waals surface area contributed by atoms with E-state index < -0.39 is 36.2 Å². The summed E-state index contributed by atoms with van der Waals surface area (Å²) in [5.41, 5.74) is 4.83. The molecule has 1 aromatic rings. The number of esters is 1. The molecule has 1 aromatic heterocycles. The van der Waals surface area contributed by atoms with Gasteiger partial charge in [0.05, 0.1) is 5.92 Å². The van der Waals surface area contributed by atoms with E-state index in [9.17, 15) is 14.7 Å². The quantitative estimate of drug-likeness (QED) is 0.680. The zero-order valence-electron chi connectivity index (χ0n) is 13.2. The first-order valence-corrected chi connectivity index (χ1v) is 7.22. The van der Waals surface area contributed by atoms with Gasteiger partial charge in [-0.2, -0.15) is 4.98 Å². The van der Waals surface area contributed by atoms with Crippen LogP contribution in [-0.2, 0) is 19.0 Å². The molecule has 0 unspecified atom stereocenters. The summed E-state index contributed by atoms with van der Waals surface area (Å²) in [6.07, 6.45) is -2.15. The number of carbonyl (C=O) groups excluding carboxylic acids is 1. The predicted octanol–water partition coefficient (Wildman–Crippen LogP) is -0.702. The average Bonchev–Trinajstić information content (AvgIpc) is 2.80. The molecule has 0 amide bonds. The number of aromatic nitrogens is 2. The van der Waals surface area contributed by atoms with Gasteiger partial charge in [0.25, 0.3) is 0 Å². The van der Waals surface area contributed by atoms with E-state index >= 15 is 0 Å². The average molecular weight is 327 g/mol. The summed E-state index contributed by atoms with van der Waals surface area (Å²) < 4.78 is 17.1. The third kappa shape index (κ3) is 3.69. The van der Waals surface area contributed by atoms with E-state index in [1.807, 2.05) is 0 Å². The molecule has 0 saturated carbocycles. The van der Waals surface area contributed by atoms with Crippen molar-refractivity contribution < 1.29 is 24.1 Å². The lowest BCUT2D eigenvalue weighted by atomic mass is 10.1. The third-order valence-electron chi connectivity index (χ3n) is 3.57. The fourth-order valence-electron chi connectivity index (χ4n) is 2.29. The molecular weight excluding hydrogens is 306 g/mol. The Morgan fingerprint density at radius 2 is 2.26 bits per heavy atom. The number of carbonyl (C=O) groups is 1. The van der Waals surface area contributed by atoms with Crippen LogP contribution in [0.3, 0.4) is 0 Å². The van der Waals surface area contributed by atoms with Crippen LogP contribution in [-0.4, -0.2) is 52.7 Å². The molecule has 0 aliphatic carbocycles. The van der Waals surface area contributed by atoms with Gasteiger partial charge in [-0.1, -0.05) is 13.8 Å². The topological polar surface area (TPSA) is 126 Å². The number of methoxy groups -OCH3 is 1. The number of nitrogens with two attached hydrogens (primary N) is 1. The highest BCUT2D eigenvalue weighted by Gasteiger charge is 2.46. The van der Waals surface area contributed by atoms with Gasteiger partial charge in [-0.15, -0.1) is 0 Å². The van der Waals surface area contributed by atoms with Crippen molar-refractivity contribution in [2.45, 2.75) is 38.4 Å². The van der Waals surface area contributed by atoms with Gasteiger partial charge in [-0.25, -0.2) is 4.79 Å². The van der Waals surface area contributed by atoms with Crippen LogP contribution >= 0.6 is 0 Å². The van der Waals surface area contributed by atoms with Crippen LogP contribution in [0, 0.1) is 5.92 Å². The number of hydrogen-bond donors (Lipinski definition) is 2. The summed E-state index contributed by atoms with van der Waals surface area (Å²) >= 11 is 0. The minimum Gasteiger partial charge on any atom is -0.463 e. The van der Waals surface area contributed by atoms with Crippen molar-refractivity contribution in [3.63, 3.8) is 0 Å². The number of hydrogen-bond acceptors (Lipinski definition) is 8. The van der Waals surface area contributed by atoms with Crippen LogP contribution in [0.4, 0.5) is 5.82 Å². The van der Waals surface area contributed by atoms with E-state index in [2.05, 4.69) is 4.98 Å². The first-order valence-electron chi connectivity index (χ1n) is 7.22. The minimum absolute atomic E-state index is 0.0844. The number of rotatable bonds is 5. The number of anilines is 1. The van der Waals surface area contributed by atoms with E-state index in [-0.39, 0.29) is 18.3 Å². The van der Waals surface area contributed by atoms with Crippen molar-refractivity contribution in [2.24, 2.45) is 5.92 Å². The van der Waals surface area contributed by atoms with Gasteiger partial charge in [0.1, 0.15) is 30.7 Å². The van der Waals surface area contributed by atoms with Gasteiger partial charge >= 0.3 is 11.7 Å². The maximum atomic E-state index is 11.9. The largest absolute Gasteiger partial charge is 0.463 e. The Labute approximate surface area is 133 Å². The van der Waals surface area contributed by atoms with Crippen LogP contribution < -0.4 is 11.4 Å². The standard InChI is InChI=1S/C14H21N3O6/c1-7(2)13(19)22-6-8-10(18)11(21-3)12(23-8)17-5-4-9(15)16-14(17)20/h4-5,7-8,10-12,18H,6H2,1-3H3,(H2,15,16,20)/t8-,10-,11-,12-/m1/s1. The number of nitrogens with zero attached hydrogens (tertiary/aromatic N) is 2. The summed E-state index contributed by atoms with van der Waals surface area (Å²) in [5, 5.41) is 10.3. The molecule has 1 aliphatic rings. The molecule has 128 valence electrons. The molecule has 23 heavy (non-hydrogen) atoms. The lowest BCUT2D eigenvalue weighted by molar-refractivity contribution is -0.153. The molecule has 0 spiro atoms. The lowest BCUT2D eigenvalue weighted by Gasteiger charge is -2.20. The normalized spacial score (nSPS) is 27.3. The predicted molar refractivity (Wildman–Crippen MR) is 79.4 cm³/mol. The summed E-state index contributed by atoms with van der Waals surface area (Å²) in [4.78, 5) is 27.1. The Morgan fingerprint density at radius 1 is 1.57 bits per heavy atom. The fraction of sp³-hybridized carbons (Fsp3) is 0.643. The van der Waals surface area contributed by atoms with Crippen LogP contribution in [0.15, 0.2) is 17.1 Å². The first kappa shape index (κ1) is 17.4. The summed E-state index contributed by atoms with van der Waals surface area (Å²) in [5.74, 6) is -0.600. The minimum atomic E-state index is -1.06. The molecule has 9 heteroatoms. The maximum absolute atomic E-state index is 11.9. The van der Waals surface area contributed by atoms with E-state index in [1.54, 1.807) is 13.8 Å². The fourth-order valence-corrected chi connectivity index (χ4v) is 2.29. The molecule has 0 radical (unpaired) electrons. The van der Waals surface area contributed by atoms with Gasteiger partial charge < -0.3 is 25.1 Å². The Balaban J connectivity index is 2.15. The Kier molecular flexibility index (Phi) is 5.34. The molecular formula is C14H21N3O6. The Bertz CT molecular complexity index is 617. The van der Waals surface area contributed by atoms with E-state index in [1.165, 1.54) is 23.9 Å². The zero-order chi connectivity index (χ0) is 17.1. The van der Waals surface area contributed by atoms with Crippen molar-refractivity contribution in [1.82, 2.24) is 9.55 Å². The smallest absolute Gasteiger partial charge is 0.351 e. The number of aliphatic hydroxyl groups is 1. The van der Waals surface area contributed by atoms with Gasteiger partial charge in [0.2, 0.25) is 0 Å². The van der Waals surface area contributed by atoms with Crippen molar-refractivity contribution in [3.8, 4) is 0 Å². The molecule has 0 bridgehead atoms. The Hall–Kier alpha value is -1.97. The van der Waals surface area contributed by atoms with Gasteiger partial charge in [0.15, 0.2) is 6.23 Å². The monoisotopic (exact) mass is 327 g/mol. The molecule has 1 fully saturated rings. The van der Waals surface area contributed by atoms with E-state index in [0.717, 1.165) is 0 Å². The SMILES string of the molecule is CO[C@@H]1[C@H](O)[C@@H](COC(=O)C(C)C)O[C@H]1n1ccc(N)nc1=O. The first-order chi connectivity index (χ1) is 10.8. The van der Waals surface area contributed by atoms with Gasteiger partial charge in [-0.05, 0) is 6.07 Å². The molecule has 3 N–H and O–H groups in total.